The van der Waals surface area contributed by atoms with Crippen molar-refractivity contribution in [1.82, 2.24) is 15.3 Å². The van der Waals surface area contributed by atoms with E-state index in [-0.39, 0.29) is 0 Å². The van der Waals surface area contributed by atoms with Crippen LogP contribution >= 0.6 is 34.5 Å². The number of aromatic nitrogens is 2. The van der Waals surface area contributed by atoms with Gasteiger partial charge >= 0.3 is 0 Å². The summed E-state index contributed by atoms with van der Waals surface area (Å²) in [7, 11) is 1.54. The van der Waals surface area contributed by atoms with Crippen molar-refractivity contribution in [1.29, 1.82) is 5.26 Å². The highest BCUT2D eigenvalue weighted by Gasteiger charge is 2.16. The monoisotopic (exact) mass is 545 g/mol. The minimum Gasteiger partial charge on any atom is -0.495 e. The van der Waals surface area contributed by atoms with Gasteiger partial charge in [-0.15, -0.1) is 11.3 Å². The Balaban J connectivity index is 1.40. The molecule has 184 valence electrons. The Labute approximate surface area is 228 Å². The second-order valence-electron chi connectivity index (χ2n) is 8.23. The normalized spacial score (nSPS) is 10.9. The van der Waals surface area contributed by atoms with Crippen LogP contribution in [0.1, 0.15) is 16.7 Å². The number of thiophene rings is 1. The highest BCUT2D eigenvalue weighted by atomic mass is 35.5. The summed E-state index contributed by atoms with van der Waals surface area (Å²) in [5.41, 5.74) is 5.92. The molecule has 0 radical (unpaired) electrons. The molecule has 0 spiro atoms. The van der Waals surface area contributed by atoms with Gasteiger partial charge in [0.2, 0.25) is 0 Å². The highest BCUT2D eigenvalue weighted by Crippen LogP contribution is 2.41. The molecule has 0 saturated heterocycles. The Morgan fingerprint density at radius 2 is 1.70 bits per heavy atom. The van der Waals surface area contributed by atoms with Crippen LogP contribution in [0.5, 0.6) is 5.75 Å². The average molecular weight is 546 g/mol. The van der Waals surface area contributed by atoms with Crippen molar-refractivity contribution >= 4 is 56.1 Å². The molecule has 5 aromatic rings. The van der Waals surface area contributed by atoms with E-state index in [1.165, 1.54) is 18.2 Å². The summed E-state index contributed by atoms with van der Waals surface area (Å²) < 4.78 is 6.19. The number of nitrogens with one attached hydrogen (secondary N) is 2. The van der Waals surface area contributed by atoms with Crippen molar-refractivity contribution in [3.05, 3.63) is 99.9 Å². The van der Waals surface area contributed by atoms with Crippen LogP contribution in [0.2, 0.25) is 10.0 Å². The number of pyridine rings is 2. The molecule has 0 saturated carbocycles. The van der Waals surface area contributed by atoms with E-state index in [1.807, 2.05) is 18.2 Å². The van der Waals surface area contributed by atoms with E-state index >= 15 is 0 Å². The largest absolute Gasteiger partial charge is 0.495 e. The van der Waals surface area contributed by atoms with Crippen LogP contribution in [0.3, 0.4) is 0 Å². The molecular weight excluding hydrogens is 525 g/mol. The van der Waals surface area contributed by atoms with E-state index in [0.717, 1.165) is 33.7 Å². The van der Waals surface area contributed by atoms with Crippen LogP contribution in [0.25, 0.3) is 20.7 Å². The minimum absolute atomic E-state index is 0.410. The summed E-state index contributed by atoms with van der Waals surface area (Å²) in [6.45, 7) is 1.55. The number of methoxy groups -OCH3 is 1. The van der Waals surface area contributed by atoms with Gasteiger partial charge in [0.05, 0.1) is 44.3 Å². The molecule has 5 rings (SSSR count). The van der Waals surface area contributed by atoms with Crippen LogP contribution in [0.4, 0.5) is 11.4 Å². The number of hydrogen-bond acceptors (Lipinski definition) is 7. The van der Waals surface area contributed by atoms with Gasteiger partial charge < -0.3 is 15.4 Å². The number of nitrogens with zero attached hydrogens (tertiary/aromatic N) is 3. The number of ether oxygens (including phenoxy) is 1. The summed E-state index contributed by atoms with van der Waals surface area (Å²) in [5, 5.41) is 17.4. The van der Waals surface area contributed by atoms with E-state index in [2.05, 4.69) is 50.9 Å². The fraction of sp³-hybridized carbons (Fsp3) is 0.107. The summed E-state index contributed by atoms with van der Waals surface area (Å²) in [4.78, 5) is 9.61. The van der Waals surface area contributed by atoms with Gasteiger partial charge in [0.15, 0.2) is 0 Å². The zero-order valence-electron chi connectivity index (χ0n) is 19.8. The maximum absolute atomic E-state index is 9.75. The van der Waals surface area contributed by atoms with Gasteiger partial charge in [0.1, 0.15) is 11.8 Å². The molecule has 0 aliphatic rings. The van der Waals surface area contributed by atoms with Crippen molar-refractivity contribution in [3.8, 4) is 22.3 Å². The Kier molecular flexibility index (Phi) is 7.54. The third kappa shape index (κ3) is 5.53. The Morgan fingerprint density at radius 1 is 0.973 bits per heavy atom. The molecule has 3 aromatic heterocycles. The van der Waals surface area contributed by atoms with Gasteiger partial charge in [0.25, 0.3) is 0 Å². The second-order valence-corrected chi connectivity index (χ2v) is 10.1. The fourth-order valence-electron chi connectivity index (χ4n) is 3.88. The molecule has 0 bridgehead atoms. The summed E-state index contributed by atoms with van der Waals surface area (Å²) in [6.07, 6.45) is 5.17. The molecule has 37 heavy (non-hydrogen) atoms. The SMILES string of the molecule is COc1cc(Nc2c(C#N)cnc3cc(-c4ccc(CNCc5ccncc5)cc4)sc23)c(Cl)cc1Cl. The van der Waals surface area contributed by atoms with Gasteiger partial charge in [-0.3, -0.25) is 9.97 Å². The molecule has 6 nitrogen and oxygen atoms in total. The van der Waals surface area contributed by atoms with Crippen LogP contribution in [-0.2, 0) is 13.1 Å². The number of benzene rings is 2. The lowest BCUT2D eigenvalue weighted by Crippen LogP contribution is -2.12. The number of fused-ring (bicyclic) bond motifs is 1. The van der Waals surface area contributed by atoms with Gasteiger partial charge in [-0.25, -0.2) is 0 Å². The van der Waals surface area contributed by atoms with Crippen molar-refractivity contribution in [2.45, 2.75) is 13.1 Å². The van der Waals surface area contributed by atoms with Crippen LogP contribution < -0.4 is 15.4 Å². The first-order chi connectivity index (χ1) is 18.1. The Morgan fingerprint density at radius 3 is 2.41 bits per heavy atom. The highest BCUT2D eigenvalue weighted by molar-refractivity contribution is 7.22. The third-order valence-corrected chi connectivity index (χ3v) is 7.61. The first-order valence-corrected chi connectivity index (χ1v) is 12.9. The topological polar surface area (TPSA) is 82.9 Å². The molecule has 0 atom stereocenters. The first-order valence-electron chi connectivity index (χ1n) is 11.4. The predicted octanol–water partition coefficient (Wildman–Crippen LogP) is 7.58. The maximum atomic E-state index is 9.75. The molecule has 9 heteroatoms. The van der Waals surface area contributed by atoms with Crippen molar-refractivity contribution < 1.29 is 4.74 Å². The molecular formula is C28H21Cl2N5OS. The first kappa shape index (κ1) is 25.0. The number of hydrogen-bond donors (Lipinski definition) is 2. The molecule has 2 aromatic carbocycles. The fourth-order valence-corrected chi connectivity index (χ4v) is 5.51. The predicted molar refractivity (Wildman–Crippen MR) is 151 cm³/mol. The van der Waals surface area contributed by atoms with Crippen LogP contribution in [0.15, 0.2) is 73.2 Å². The summed E-state index contributed by atoms with van der Waals surface area (Å²) in [5.74, 6) is 0.486. The zero-order valence-corrected chi connectivity index (χ0v) is 22.1. The van der Waals surface area contributed by atoms with Gasteiger partial charge in [-0.05, 0) is 41.0 Å². The molecule has 0 fully saturated rings. The number of nitriles is 1. The lowest BCUT2D eigenvalue weighted by Gasteiger charge is -2.13. The van der Waals surface area contributed by atoms with E-state index < -0.39 is 0 Å². The summed E-state index contributed by atoms with van der Waals surface area (Å²) in [6, 6.07) is 20.0. The third-order valence-electron chi connectivity index (χ3n) is 5.81. The zero-order chi connectivity index (χ0) is 25.8. The summed E-state index contributed by atoms with van der Waals surface area (Å²) >= 11 is 14.2. The second kappa shape index (κ2) is 11.2. The van der Waals surface area contributed by atoms with E-state index in [0.29, 0.717) is 32.7 Å². The van der Waals surface area contributed by atoms with Crippen molar-refractivity contribution in [3.63, 3.8) is 0 Å². The Hall–Kier alpha value is -3.67. The molecule has 3 heterocycles. The van der Waals surface area contributed by atoms with E-state index in [4.69, 9.17) is 27.9 Å². The average Bonchev–Trinajstić information content (AvgIpc) is 3.36. The number of halogens is 2. The molecule has 0 amide bonds. The van der Waals surface area contributed by atoms with Gasteiger partial charge in [-0.2, -0.15) is 5.26 Å². The Bertz CT molecular complexity index is 1600. The standard InChI is InChI=1S/C28H21Cl2N5OS/c1-36-25-11-23(21(29)10-22(25)30)35-27-20(13-31)16-34-24-12-26(37-28(24)27)19-4-2-17(3-5-19)14-33-15-18-6-8-32-9-7-18/h2-12,16,33H,14-15H2,1H3,(H,34,35). The number of anilines is 2. The quantitative estimate of drug-likeness (QED) is 0.209. The number of rotatable bonds is 8. The molecule has 0 aliphatic carbocycles. The molecule has 0 unspecified atom stereocenters. The van der Waals surface area contributed by atoms with Crippen molar-refractivity contribution in [2.24, 2.45) is 0 Å². The smallest absolute Gasteiger partial charge is 0.139 e. The van der Waals surface area contributed by atoms with E-state index in [1.54, 1.807) is 42.1 Å². The maximum Gasteiger partial charge on any atom is 0.139 e. The van der Waals surface area contributed by atoms with Gasteiger partial charge in [0, 0.05) is 42.6 Å². The lowest BCUT2D eigenvalue weighted by molar-refractivity contribution is 0.415. The van der Waals surface area contributed by atoms with E-state index in [9.17, 15) is 5.26 Å². The lowest BCUT2D eigenvalue weighted by atomic mass is 10.1. The van der Waals surface area contributed by atoms with Crippen molar-refractivity contribution in [2.75, 3.05) is 12.4 Å². The van der Waals surface area contributed by atoms with Crippen LogP contribution in [0, 0.1) is 11.3 Å². The van der Waals surface area contributed by atoms with Gasteiger partial charge in [-0.1, -0.05) is 47.5 Å². The molecule has 0 aliphatic heterocycles. The molecule has 2 N–H and O–H groups in total. The van der Waals surface area contributed by atoms with Crippen LogP contribution in [-0.4, -0.2) is 17.1 Å². The minimum atomic E-state index is 0.410.